The van der Waals surface area contributed by atoms with Gasteiger partial charge in [0.2, 0.25) is 0 Å². The molecule has 2 rings (SSSR count). The summed E-state index contributed by atoms with van der Waals surface area (Å²) in [4.78, 5) is 11.2. The Labute approximate surface area is 158 Å². The Morgan fingerprint density at radius 3 is 2.31 bits per heavy atom. The maximum Gasteiger partial charge on any atom is 0.307 e. The van der Waals surface area contributed by atoms with E-state index in [0.29, 0.717) is 16.5 Å². The third-order valence-corrected chi connectivity index (χ3v) is 4.14. The Hall–Kier alpha value is -2.72. The summed E-state index contributed by atoms with van der Waals surface area (Å²) in [5, 5.41) is 9.83. The molecule has 136 valence electrons. The number of halogens is 1. The third kappa shape index (κ3) is 5.14. The van der Waals surface area contributed by atoms with Crippen molar-refractivity contribution < 1.29 is 19.4 Å². The standard InChI is InChI=1S/C21H21ClO4/c1-14(12-21(23)24)18(10-6-15-4-8-17(22)9-5-15)16-7-11-19(25-2)20(13-16)26-3/h4-11,13H,12H2,1-3H3,(H,23,24). The molecule has 0 heterocycles. The molecule has 1 N–H and O–H groups in total. The van der Waals surface area contributed by atoms with Crippen molar-refractivity contribution in [3.63, 3.8) is 0 Å². The van der Waals surface area contributed by atoms with E-state index >= 15 is 0 Å². The third-order valence-electron chi connectivity index (χ3n) is 3.88. The molecule has 0 spiro atoms. The van der Waals surface area contributed by atoms with Gasteiger partial charge in [-0.15, -0.1) is 0 Å². The summed E-state index contributed by atoms with van der Waals surface area (Å²) >= 11 is 5.92. The van der Waals surface area contributed by atoms with Crippen molar-refractivity contribution in [2.75, 3.05) is 14.2 Å². The van der Waals surface area contributed by atoms with Crippen molar-refractivity contribution in [1.82, 2.24) is 0 Å². The molecule has 0 saturated carbocycles. The lowest BCUT2D eigenvalue weighted by Gasteiger charge is -2.12. The maximum absolute atomic E-state index is 11.2. The number of carboxylic acid groups (broad SMARTS) is 1. The van der Waals surface area contributed by atoms with E-state index in [2.05, 4.69) is 0 Å². The number of ether oxygens (including phenoxy) is 2. The Morgan fingerprint density at radius 2 is 1.73 bits per heavy atom. The van der Waals surface area contributed by atoms with Gasteiger partial charge in [-0.1, -0.05) is 47.5 Å². The lowest BCUT2D eigenvalue weighted by molar-refractivity contribution is -0.136. The normalized spacial score (nSPS) is 12.0. The van der Waals surface area contributed by atoms with Crippen LogP contribution in [0.3, 0.4) is 0 Å². The highest BCUT2D eigenvalue weighted by atomic mass is 35.5. The van der Waals surface area contributed by atoms with Crippen LogP contribution in [0, 0.1) is 0 Å². The highest BCUT2D eigenvalue weighted by Gasteiger charge is 2.11. The zero-order valence-corrected chi connectivity index (χ0v) is 15.7. The summed E-state index contributed by atoms with van der Waals surface area (Å²) in [5.74, 6) is 0.332. The predicted octanol–water partition coefficient (Wildman–Crippen LogP) is 5.32. The topological polar surface area (TPSA) is 55.8 Å². The molecule has 0 unspecified atom stereocenters. The zero-order valence-electron chi connectivity index (χ0n) is 15.0. The first kappa shape index (κ1) is 19.6. The first-order valence-electron chi connectivity index (χ1n) is 8.02. The summed E-state index contributed by atoms with van der Waals surface area (Å²) in [5.41, 5.74) is 3.39. The van der Waals surface area contributed by atoms with Crippen LogP contribution in [0.25, 0.3) is 11.6 Å². The summed E-state index contributed by atoms with van der Waals surface area (Å²) < 4.78 is 10.6. The fraction of sp³-hybridized carbons (Fsp3) is 0.190. The molecule has 0 aliphatic heterocycles. The lowest BCUT2D eigenvalue weighted by Crippen LogP contribution is -1.98. The Kier molecular flexibility index (Phi) is 6.87. The minimum atomic E-state index is -0.875. The van der Waals surface area contributed by atoms with Gasteiger partial charge in [-0.25, -0.2) is 0 Å². The van der Waals surface area contributed by atoms with Gasteiger partial charge in [0.05, 0.1) is 20.6 Å². The average Bonchev–Trinajstić information content (AvgIpc) is 2.62. The van der Waals surface area contributed by atoms with Gasteiger partial charge in [0.1, 0.15) is 0 Å². The van der Waals surface area contributed by atoms with E-state index in [4.69, 9.17) is 26.2 Å². The second kappa shape index (κ2) is 9.11. The molecule has 0 bridgehead atoms. The average molecular weight is 373 g/mol. The summed E-state index contributed by atoms with van der Waals surface area (Å²) in [6.45, 7) is 1.81. The van der Waals surface area contributed by atoms with Gasteiger partial charge in [0, 0.05) is 5.02 Å². The van der Waals surface area contributed by atoms with Crippen molar-refractivity contribution in [2.24, 2.45) is 0 Å². The fourth-order valence-electron chi connectivity index (χ4n) is 2.56. The molecule has 26 heavy (non-hydrogen) atoms. The molecule has 0 amide bonds. The van der Waals surface area contributed by atoms with Crippen LogP contribution in [0.4, 0.5) is 0 Å². The Bertz CT molecular complexity index is 836. The van der Waals surface area contributed by atoms with E-state index in [1.54, 1.807) is 20.3 Å². The van der Waals surface area contributed by atoms with E-state index in [1.165, 1.54) is 0 Å². The van der Waals surface area contributed by atoms with Crippen LogP contribution in [-0.2, 0) is 4.79 Å². The van der Waals surface area contributed by atoms with Crippen LogP contribution in [0.15, 0.2) is 54.1 Å². The number of aliphatic carboxylic acids is 1. The van der Waals surface area contributed by atoms with Gasteiger partial charge in [0.25, 0.3) is 0 Å². The van der Waals surface area contributed by atoms with Crippen molar-refractivity contribution >= 4 is 29.2 Å². The van der Waals surface area contributed by atoms with Crippen LogP contribution < -0.4 is 9.47 Å². The first-order chi connectivity index (χ1) is 12.4. The van der Waals surface area contributed by atoms with Gasteiger partial charge in [-0.2, -0.15) is 0 Å². The monoisotopic (exact) mass is 372 g/mol. The second-order valence-electron chi connectivity index (χ2n) is 5.72. The summed E-state index contributed by atoms with van der Waals surface area (Å²) in [7, 11) is 3.14. The number of rotatable bonds is 7. The molecule has 0 fully saturated rings. The first-order valence-corrected chi connectivity index (χ1v) is 8.40. The number of benzene rings is 2. The number of carbonyl (C=O) groups is 1. The van der Waals surface area contributed by atoms with E-state index in [-0.39, 0.29) is 6.42 Å². The molecular formula is C21H21ClO4. The minimum Gasteiger partial charge on any atom is -0.493 e. The minimum absolute atomic E-state index is 0.0470. The van der Waals surface area contributed by atoms with Gasteiger partial charge < -0.3 is 14.6 Å². The lowest BCUT2D eigenvalue weighted by atomic mass is 9.97. The summed E-state index contributed by atoms with van der Waals surface area (Å²) in [6, 6.07) is 12.9. The predicted molar refractivity (Wildman–Crippen MR) is 105 cm³/mol. The molecule has 0 atom stereocenters. The maximum atomic E-state index is 11.2. The Morgan fingerprint density at radius 1 is 1.08 bits per heavy atom. The number of carboxylic acids is 1. The Balaban J connectivity index is 2.48. The molecule has 0 aliphatic carbocycles. The van der Waals surface area contributed by atoms with Gasteiger partial charge in [0.15, 0.2) is 11.5 Å². The largest absolute Gasteiger partial charge is 0.493 e. The number of allylic oxidation sites excluding steroid dienone is 2. The van der Waals surface area contributed by atoms with Gasteiger partial charge in [-0.05, 0) is 47.9 Å². The quantitative estimate of drug-likeness (QED) is 0.668. The molecule has 0 radical (unpaired) electrons. The molecule has 5 heteroatoms. The zero-order chi connectivity index (χ0) is 19.1. The van der Waals surface area contributed by atoms with Crippen LogP contribution in [0.5, 0.6) is 11.5 Å². The van der Waals surface area contributed by atoms with Gasteiger partial charge >= 0.3 is 5.97 Å². The molecule has 0 aliphatic rings. The number of methoxy groups -OCH3 is 2. The van der Waals surface area contributed by atoms with Crippen LogP contribution in [0.2, 0.25) is 5.02 Å². The van der Waals surface area contributed by atoms with E-state index in [9.17, 15) is 4.79 Å². The highest BCUT2D eigenvalue weighted by Crippen LogP contribution is 2.32. The highest BCUT2D eigenvalue weighted by molar-refractivity contribution is 6.30. The SMILES string of the molecule is COc1ccc(C(C=Cc2ccc(Cl)cc2)=C(C)CC(=O)O)cc1OC. The van der Waals surface area contributed by atoms with Crippen LogP contribution in [0.1, 0.15) is 24.5 Å². The molecular weight excluding hydrogens is 352 g/mol. The van der Waals surface area contributed by atoms with Crippen LogP contribution in [-0.4, -0.2) is 25.3 Å². The van der Waals surface area contributed by atoms with Crippen LogP contribution >= 0.6 is 11.6 Å². The summed E-state index contributed by atoms with van der Waals surface area (Å²) in [6.07, 6.45) is 3.78. The van der Waals surface area contributed by atoms with E-state index in [1.807, 2.05) is 55.5 Å². The van der Waals surface area contributed by atoms with Gasteiger partial charge in [-0.3, -0.25) is 4.79 Å². The van der Waals surface area contributed by atoms with Crippen molar-refractivity contribution in [1.29, 1.82) is 0 Å². The fourth-order valence-corrected chi connectivity index (χ4v) is 2.69. The smallest absolute Gasteiger partial charge is 0.307 e. The second-order valence-corrected chi connectivity index (χ2v) is 6.16. The number of hydrogen-bond donors (Lipinski definition) is 1. The van der Waals surface area contributed by atoms with Crippen molar-refractivity contribution in [2.45, 2.75) is 13.3 Å². The molecule has 2 aromatic rings. The molecule has 0 aromatic heterocycles. The number of hydrogen-bond acceptors (Lipinski definition) is 3. The van der Waals surface area contributed by atoms with Crippen molar-refractivity contribution in [3.8, 4) is 11.5 Å². The molecule has 4 nitrogen and oxygen atoms in total. The van der Waals surface area contributed by atoms with Crippen molar-refractivity contribution in [3.05, 3.63) is 70.3 Å². The molecule has 2 aromatic carbocycles. The van der Waals surface area contributed by atoms with E-state index < -0.39 is 5.97 Å². The van der Waals surface area contributed by atoms with E-state index in [0.717, 1.165) is 22.3 Å². The molecule has 0 saturated heterocycles.